The second kappa shape index (κ2) is 6.55. The standard InChI is InChI=1S/C17H19N3O2S/c1-2-22-12-6-7-13-14(10-12)23-16(19-13)20-15(21)17(11-18)8-4-3-5-9-17/h6-7,10H,2-5,8-9H2,1H3,(H,19,20,21). The van der Waals surface area contributed by atoms with Crippen LogP contribution in [0.15, 0.2) is 18.2 Å². The number of nitriles is 1. The highest BCUT2D eigenvalue weighted by Gasteiger charge is 2.40. The number of ether oxygens (including phenoxy) is 1. The maximum Gasteiger partial charge on any atom is 0.246 e. The van der Waals surface area contributed by atoms with E-state index in [2.05, 4.69) is 16.4 Å². The molecule has 1 saturated carbocycles. The fraction of sp³-hybridized carbons (Fsp3) is 0.471. The Bertz CT molecular complexity index is 757. The minimum absolute atomic E-state index is 0.219. The minimum Gasteiger partial charge on any atom is -0.494 e. The van der Waals surface area contributed by atoms with Crippen LogP contribution in [0.3, 0.4) is 0 Å². The third-order valence-corrected chi connectivity index (χ3v) is 5.18. The predicted octanol–water partition coefficient (Wildman–Crippen LogP) is 4.11. The van der Waals surface area contributed by atoms with Crippen LogP contribution in [0.5, 0.6) is 5.75 Å². The smallest absolute Gasteiger partial charge is 0.246 e. The normalized spacial score (nSPS) is 16.7. The quantitative estimate of drug-likeness (QED) is 0.916. The summed E-state index contributed by atoms with van der Waals surface area (Å²) in [4.78, 5) is 17.0. The van der Waals surface area contributed by atoms with Crippen molar-refractivity contribution in [2.45, 2.75) is 39.0 Å². The zero-order valence-corrected chi connectivity index (χ0v) is 13.9. The number of carbonyl (C=O) groups is 1. The van der Waals surface area contributed by atoms with E-state index >= 15 is 0 Å². The van der Waals surface area contributed by atoms with Gasteiger partial charge in [-0.05, 0) is 38.0 Å². The molecule has 1 aromatic carbocycles. The second-order valence-electron chi connectivity index (χ2n) is 5.79. The lowest BCUT2D eigenvalue weighted by molar-refractivity contribution is -0.124. The molecule has 0 aliphatic heterocycles. The average molecular weight is 329 g/mol. The van der Waals surface area contributed by atoms with Gasteiger partial charge in [0.15, 0.2) is 5.13 Å². The Morgan fingerprint density at radius 2 is 2.22 bits per heavy atom. The lowest BCUT2D eigenvalue weighted by Gasteiger charge is -2.28. The molecular weight excluding hydrogens is 310 g/mol. The van der Waals surface area contributed by atoms with E-state index in [0.717, 1.165) is 35.2 Å². The highest BCUT2D eigenvalue weighted by molar-refractivity contribution is 7.22. The number of anilines is 1. The van der Waals surface area contributed by atoms with E-state index < -0.39 is 5.41 Å². The molecule has 23 heavy (non-hydrogen) atoms. The predicted molar refractivity (Wildman–Crippen MR) is 90.5 cm³/mol. The first-order valence-corrected chi connectivity index (χ1v) is 8.74. The van der Waals surface area contributed by atoms with Gasteiger partial charge in [0.2, 0.25) is 5.91 Å². The number of hydrogen-bond donors (Lipinski definition) is 1. The van der Waals surface area contributed by atoms with Crippen LogP contribution in [-0.2, 0) is 4.79 Å². The van der Waals surface area contributed by atoms with Crippen molar-refractivity contribution in [3.05, 3.63) is 18.2 Å². The number of carbonyl (C=O) groups excluding carboxylic acids is 1. The molecule has 1 amide bonds. The number of nitrogens with one attached hydrogen (secondary N) is 1. The molecule has 1 aliphatic rings. The van der Waals surface area contributed by atoms with Gasteiger partial charge in [0.25, 0.3) is 0 Å². The van der Waals surface area contributed by atoms with Gasteiger partial charge in [0.05, 0.1) is 22.9 Å². The van der Waals surface area contributed by atoms with Gasteiger partial charge < -0.3 is 10.1 Å². The third-order valence-electron chi connectivity index (χ3n) is 4.25. The van der Waals surface area contributed by atoms with Crippen molar-refractivity contribution in [1.82, 2.24) is 4.98 Å². The number of rotatable bonds is 4. The maximum absolute atomic E-state index is 12.6. The highest BCUT2D eigenvalue weighted by atomic mass is 32.1. The van der Waals surface area contributed by atoms with Crippen LogP contribution < -0.4 is 10.1 Å². The van der Waals surface area contributed by atoms with E-state index in [1.807, 2.05) is 25.1 Å². The van der Waals surface area contributed by atoms with Gasteiger partial charge in [-0.25, -0.2) is 4.98 Å². The molecule has 0 spiro atoms. The molecule has 0 atom stereocenters. The summed E-state index contributed by atoms with van der Waals surface area (Å²) in [7, 11) is 0. The summed E-state index contributed by atoms with van der Waals surface area (Å²) in [6, 6.07) is 7.92. The Labute approximate surface area is 139 Å². The SMILES string of the molecule is CCOc1ccc2nc(NC(=O)C3(C#N)CCCCC3)sc2c1. The van der Waals surface area contributed by atoms with Gasteiger partial charge in [-0.1, -0.05) is 30.6 Å². The van der Waals surface area contributed by atoms with E-state index in [1.165, 1.54) is 11.3 Å². The molecular formula is C17H19N3O2S. The summed E-state index contributed by atoms with van der Waals surface area (Å²) in [5.74, 6) is 0.575. The van der Waals surface area contributed by atoms with Crippen LogP contribution >= 0.6 is 11.3 Å². The molecule has 1 N–H and O–H groups in total. The Morgan fingerprint density at radius 3 is 2.91 bits per heavy atom. The second-order valence-corrected chi connectivity index (χ2v) is 6.82. The summed E-state index contributed by atoms with van der Waals surface area (Å²) >= 11 is 1.41. The first kappa shape index (κ1) is 15.8. The lowest BCUT2D eigenvalue weighted by Crippen LogP contribution is -2.36. The first-order valence-electron chi connectivity index (χ1n) is 7.93. The van der Waals surface area contributed by atoms with Crippen LogP contribution in [0.1, 0.15) is 39.0 Å². The fourth-order valence-corrected chi connectivity index (χ4v) is 3.87. The van der Waals surface area contributed by atoms with E-state index in [0.29, 0.717) is 24.6 Å². The zero-order valence-electron chi connectivity index (χ0n) is 13.1. The summed E-state index contributed by atoms with van der Waals surface area (Å²) in [5.41, 5.74) is -0.0736. The van der Waals surface area contributed by atoms with Crippen molar-refractivity contribution in [1.29, 1.82) is 5.26 Å². The van der Waals surface area contributed by atoms with Gasteiger partial charge in [0, 0.05) is 0 Å². The van der Waals surface area contributed by atoms with Crippen LogP contribution in [0.4, 0.5) is 5.13 Å². The van der Waals surface area contributed by atoms with Gasteiger partial charge in [-0.2, -0.15) is 5.26 Å². The Morgan fingerprint density at radius 1 is 1.43 bits per heavy atom. The topological polar surface area (TPSA) is 75.0 Å². The average Bonchev–Trinajstić information content (AvgIpc) is 2.97. The molecule has 1 aromatic heterocycles. The summed E-state index contributed by atoms with van der Waals surface area (Å²) in [6.07, 6.45) is 4.22. The zero-order chi connectivity index (χ0) is 16.3. The molecule has 0 bridgehead atoms. The lowest BCUT2D eigenvalue weighted by atomic mass is 9.74. The van der Waals surface area contributed by atoms with Crippen molar-refractivity contribution in [2.75, 3.05) is 11.9 Å². The van der Waals surface area contributed by atoms with Gasteiger partial charge >= 0.3 is 0 Å². The number of thiazole rings is 1. The Hall–Kier alpha value is -2.13. The van der Waals surface area contributed by atoms with Crippen LogP contribution in [0.2, 0.25) is 0 Å². The van der Waals surface area contributed by atoms with Gasteiger partial charge in [-0.3, -0.25) is 4.79 Å². The molecule has 5 nitrogen and oxygen atoms in total. The van der Waals surface area contributed by atoms with E-state index in [-0.39, 0.29) is 5.91 Å². The van der Waals surface area contributed by atoms with Crippen LogP contribution in [0, 0.1) is 16.7 Å². The molecule has 6 heteroatoms. The summed E-state index contributed by atoms with van der Waals surface area (Å²) in [6.45, 7) is 2.55. The molecule has 0 radical (unpaired) electrons. The molecule has 1 fully saturated rings. The number of fused-ring (bicyclic) bond motifs is 1. The number of aromatic nitrogens is 1. The fourth-order valence-electron chi connectivity index (χ4n) is 2.98. The van der Waals surface area contributed by atoms with E-state index in [4.69, 9.17) is 4.74 Å². The van der Waals surface area contributed by atoms with Crippen LogP contribution in [-0.4, -0.2) is 17.5 Å². The molecule has 1 aliphatic carbocycles. The van der Waals surface area contributed by atoms with Crippen molar-refractivity contribution < 1.29 is 9.53 Å². The third kappa shape index (κ3) is 3.15. The Balaban J connectivity index is 1.80. The number of benzene rings is 1. The minimum atomic E-state index is -0.896. The number of nitrogens with zero attached hydrogens (tertiary/aromatic N) is 2. The van der Waals surface area contributed by atoms with Gasteiger partial charge in [-0.15, -0.1) is 0 Å². The van der Waals surface area contributed by atoms with E-state index in [1.54, 1.807) is 0 Å². The maximum atomic E-state index is 12.6. The largest absolute Gasteiger partial charge is 0.494 e. The van der Waals surface area contributed by atoms with Gasteiger partial charge in [0.1, 0.15) is 11.2 Å². The summed E-state index contributed by atoms with van der Waals surface area (Å²) < 4.78 is 6.44. The van der Waals surface area contributed by atoms with E-state index in [9.17, 15) is 10.1 Å². The molecule has 0 unspecified atom stereocenters. The first-order chi connectivity index (χ1) is 11.2. The molecule has 2 aromatic rings. The van der Waals surface area contributed by atoms with Crippen LogP contribution in [0.25, 0.3) is 10.2 Å². The molecule has 1 heterocycles. The number of hydrogen-bond acceptors (Lipinski definition) is 5. The van der Waals surface area contributed by atoms with Crippen molar-refractivity contribution in [2.24, 2.45) is 5.41 Å². The molecule has 3 rings (SSSR count). The van der Waals surface area contributed by atoms with Crippen molar-refractivity contribution >= 4 is 32.6 Å². The highest BCUT2D eigenvalue weighted by Crippen LogP contribution is 2.37. The molecule has 0 saturated heterocycles. The summed E-state index contributed by atoms with van der Waals surface area (Å²) in [5, 5.41) is 12.9. The number of amides is 1. The van der Waals surface area contributed by atoms with Crippen molar-refractivity contribution in [3.63, 3.8) is 0 Å². The molecule has 120 valence electrons. The monoisotopic (exact) mass is 329 g/mol. The van der Waals surface area contributed by atoms with Crippen molar-refractivity contribution in [3.8, 4) is 11.8 Å². The Kier molecular flexibility index (Phi) is 4.49.